The van der Waals surface area contributed by atoms with Gasteiger partial charge in [0.05, 0.1) is 17.8 Å². The van der Waals surface area contributed by atoms with Gasteiger partial charge in [0.1, 0.15) is 0 Å². The summed E-state index contributed by atoms with van der Waals surface area (Å²) in [5.41, 5.74) is 2.89. The topological polar surface area (TPSA) is 46.8 Å². The molecule has 96 valence electrons. The zero-order valence-corrected chi connectivity index (χ0v) is 11.5. The molecule has 2 heterocycles. The van der Waals surface area contributed by atoms with Crippen molar-refractivity contribution in [1.82, 2.24) is 19.7 Å². The molecule has 0 N–H and O–H groups in total. The first-order valence-electron chi connectivity index (χ1n) is 5.67. The summed E-state index contributed by atoms with van der Waals surface area (Å²) in [6, 6.07) is 1.90. The van der Waals surface area contributed by atoms with Crippen LogP contribution < -0.4 is 4.90 Å². The average molecular weight is 266 g/mol. The number of anilines is 1. The van der Waals surface area contributed by atoms with Gasteiger partial charge in [-0.1, -0.05) is 0 Å². The van der Waals surface area contributed by atoms with Crippen molar-refractivity contribution < 1.29 is 0 Å². The van der Waals surface area contributed by atoms with Crippen molar-refractivity contribution in [2.45, 2.75) is 19.3 Å². The Balaban J connectivity index is 2.17. The van der Waals surface area contributed by atoms with Crippen LogP contribution in [0.3, 0.4) is 0 Å². The Bertz CT molecular complexity index is 537. The fraction of sp³-hybridized carbons (Fsp3) is 0.417. The summed E-state index contributed by atoms with van der Waals surface area (Å²) in [7, 11) is 3.86. The van der Waals surface area contributed by atoms with E-state index in [1.165, 1.54) is 0 Å². The first-order valence-corrected chi connectivity index (χ1v) is 6.21. The van der Waals surface area contributed by atoms with E-state index in [1.54, 1.807) is 4.68 Å². The minimum absolute atomic E-state index is 0.400. The van der Waals surface area contributed by atoms with Gasteiger partial charge in [0, 0.05) is 38.1 Å². The normalized spacial score (nSPS) is 10.7. The van der Waals surface area contributed by atoms with Crippen LogP contribution in [0.4, 0.5) is 5.95 Å². The quantitative estimate of drug-likeness (QED) is 0.792. The maximum atomic E-state index is 5.82. The van der Waals surface area contributed by atoms with Gasteiger partial charge in [-0.15, -0.1) is 11.6 Å². The molecular formula is C12H16ClN5. The van der Waals surface area contributed by atoms with Crippen LogP contribution in [0, 0.1) is 6.92 Å². The molecule has 0 spiro atoms. The van der Waals surface area contributed by atoms with Crippen LogP contribution in [0.5, 0.6) is 0 Å². The number of aromatic nitrogens is 4. The fourth-order valence-electron chi connectivity index (χ4n) is 1.75. The van der Waals surface area contributed by atoms with Crippen molar-refractivity contribution in [2.24, 2.45) is 7.05 Å². The van der Waals surface area contributed by atoms with Crippen LogP contribution in [0.2, 0.25) is 0 Å². The molecule has 2 aromatic heterocycles. The summed E-state index contributed by atoms with van der Waals surface area (Å²) in [6.45, 7) is 2.66. The zero-order valence-electron chi connectivity index (χ0n) is 10.8. The molecule has 0 aliphatic rings. The highest BCUT2D eigenvalue weighted by Gasteiger charge is 2.08. The molecule has 2 rings (SSSR count). The summed E-state index contributed by atoms with van der Waals surface area (Å²) in [6.07, 6.45) is 3.82. The second-order valence-corrected chi connectivity index (χ2v) is 4.58. The number of halogens is 1. The molecule has 0 saturated heterocycles. The third-order valence-corrected chi connectivity index (χ3v) is 2.83. The SMILES string of the molecule is Cc1cc(CCl)nc(N(C)Cc2cnn(C)c2)n1. The van der Waals surface area contributed by atoms with Gasteiger partial charge >= 0.3 is 0 Å². The predicted octanol–water partition coefficient (Wildman–Crippen LogP) is 1.89. The van der Waals surface area contributed by atoms with Gasteiger partial charge in [-0.2, -0.15) is 5.10 Å². The zero-order chi connectivity index (χ0) is 13.1. The summed E-state index contributed by atoms with van der Waals surface area (Å²) in [5, 5.41) is 4.14. The standard InChI is InChI=1S/C12H16ClN5/c1-9-4-11(5-13)16-12(15-9)17(2)7-10-6-14-18(3)8-10/h4,6,8H,5,7H2,1-3H3. The smallest absolute Gasteiger partial charge is 0.225 e. The molecule has 0 bridgehead atoms. The Kier molecular flexibility index (Phi) is 3.81. The Hall–Kier alpha value is -1.62. The van der Waals surface area contributed by atoms with Crippen molar-refractivity contribution in [3.8, 4) is 0 Å². The van der Waals surface area contributed by atoms with Crippen LogP contribution >= 0.6 is 11.6 Å². The minimum Gasteiger partial charge on any atom is -0.339 e. The summed E-state index contributed by atoms with van der Waals surface area (Å²) in [5.74, 6) is 1.09. The number of nitrogens with zero attached hydrogens (tertiary/aromatic N) is 5. The molecule has 0 amide bonds. The van der Waals surface area contributed by atoms with E-state index in [1.807, 2.05) is 44.4 Å². The third-order valence-electron chi connectivity index (χ3n) is 2.55. The van der Waals surface area contributed by atoms with Gasteiger partial charge < -0.3 is 4.90 Å². The number of rotatable bonds is 4. The van der Waals surface area contributed by atoms with Gasteiger partial charge in [-0.05, 0) is 13.0 Å². The van der Waals surface area contributed by atoms with Crippen LogP contribution in [0.25, 0.3) is 0 Å². The Morgan fingerprint density at radius 1 is 1.39 bits per heavy atom. The maximum Gasteiger partial charge on any atom is 0.225 e. The van der Waals surface area contributed by atoms with Gasteiger partial charge in [0.2, 0.25) is 5.95 Å². The maximum absolute atomic E-state index is 5.82. The number of aryl methyl sites for hydroxylation is 2. The average Bonchev–Trinajstić information content (AvgIpc) is 2.73. The number of hydrogen-bond acceptors (Lipinski definition) is 4. The second kappa shape index (κ2) is 5.35. The van der Waals surface area contributed by atoms with Crippen molar-refractivity contribution in [2.75, 3.05) is 11.9 Å². The van der Waals surface area contributed by atoms with E-state index in [-0.39, 0.29) is 0 Å². The van der Waals surface area contributed by atoms with Crippen LogP contribution in [-0.2, 0) is 19.5 Å². The molecule has 2 aromatic rings. The molecule has 0 aromatic carbocycles. The Morgan fingerprint density at radius 2 is 2.17 bits per heavy atom. The molecule has 0 aliphatic heterocycles. The lowest BCUT2D eigenvalue weighted by atomic mass is 10.3. The first kappa shape index (κ1) is 12.8. The monoisotopic (exact) mass is 265 g/mol. The molecule has 0 atom stereocenters. The third kappa shape index (κ3) is 2.98. The molecule has 0 saturated carbocycles. The molecule has 0 radical (unpaired) electrons. The van der Waals surface area contributed by atoms with E-state index in [4.69, 9.17) is 11.6 Å². The minimum atomic E-state index is 0.400. The second-order valence-electron chi connectivity index (χ2n) is 4.31. The highest BCUT2D eigenvalue weighted by Crippen LogP contribution is 2.13. The molecule has 0 fully saturated rings. The Labute approximate surface area is 111 Å². The van der Waals surface area contributed by atoms with E-state index < -0.39 is 0 Å². The van der Waals surface area contributed by atoms with Crippen LogP contribution in [0.1, 0.15) is 17.0 Å². The van der Waals surface area contributed by atoms with E-state index in [0.29, 0.717) is 11.8 Å². The summed E-state index contributed by atoms with van der Waals surface area (Å²) in [4.78, 5) is 10.8. The van der Waals surface area contributed by atoms with Crippen molar-refractivity contribution in [1.29, 1.82) is 0 Å². The van der Waals surface area contributed by atoms with Crippen molar-refractivity contribution >= 4 is 17.5 Å². The fourth-order valence-corrected chi connectivity index (χ4v) is 1.89. The lowest BCUT2D eigenvalue weighted by Gasteiger charge is -2.17. The van der Waals surface area contributed by atoms with Gasteiger partial charge in [-0.3, -0.25) is 4.68 Å². The molecular weight excluding hydrogens is 250 g/mol. The molecule has 18 heavy (non-hydrogen) atoms. The molecule has 5 nitrogen and oxygen atoms in total. The molecule has 6 heteroatoms. The van der Waals surface area contributed by atoms with Gasteiger partial charge in [-0.25, -0.2) is 9.97 Å². The Morgan fingerprint density at radius 3 is 2.78 bits per heavy atom. The highest BCUT2D eigenvalue weighted by atomic mass is 35.5. The first-order chi connectivity index (χ1) is 8.58. The lowest BCUT2D eigenvalue weighted by Crippen LogP contribution is -2.19. The summed E-state index contributed by atoms with van der Waals surface area (Å²) < 4.78 is 1.78. The van der Waals surface area contributed by atoms with Gasteiger partial charge in [0.15, 0.2) is 0 Å². The van der Waals surface area contributed by atoms with Crippen LogP contribution in [0.15, 0.2) is 18.5 Å². The van der Waals surface area contributed by atoms with Crippen LogP contribution in [-0.4, -0.2) is 26.8 Å². The number of hydrogen-bond donors (Lipinski definition) is 0. The lowest BCUT2D eigenvalue weighted by molar-refractivity contribution is 0.766. The largest absolute Gasteiger partial charge is 0.339 e. The van der Waals surface area contributed by atoms with E-state index in [9.17, 15) is 0 Å². The van der Waals surface area contributed by atoms with Crippen molar-refractivity contribution in [3.05, 3.63) is 35.4 Å². The van der Waals surface area contributed by atoms with Crippen molar-refractivity contribution in [3.63, 3.8) is 0 Å². The van der Waals surface area contributed by atoms with Gasteiger partial charge in [0.25, 0.3) is 0 Å². The predicted molar refractivity (Wildman–Crippen MR) is 71.6 cm³/mol. The molecule has 0 aliphatic carbocycles. The molecule has 0 unspecified atom stereocenters. The van der Waals surface area contributed by atoms with E-state index in [2.05, 4.69) is 15.1 Å². The summed E-state index contributed by atoms with van der Waals surface area (Å²) >= 11 is 5.82. The number of alkyl halides is 1. The highest BCUT2D eigenvalue weighted by molar-refractivity contribution is 6.16. The van der Waals surface area contributed by atoms with E-state index >= 15 is 0 Å². The van der Waals surface area contributed by atoms with E-state index in [0.717, 1.165) is 23.5 Å².